The number of hydrogen-bond acceptors (Lipinski definition) is 4. The Balaban J connectivity index is 0.948. The first-order valence-corrected chi connectivity index (χ1v) is 19.8. The van der Waals surface area contributed by atoms with Crippen molar-refractivity contribution >= 4 is 28.7 Å². The number of hydrogen-bond donors (Lipinski definition) is 0. The zero-order valence-electron chi connectivity index (χ0n) is 31.0. The Bertz CT molecular complexity index is 3050. The van der Waals surface area contributed by atoms with Crippen LogP contribution in [0.15, 0.2) is 180 Å². The van der Waals surface area contributed by atoms with Crippen LogP contribution in [0.5, 0.6) is 5.75 Å². The SMILES string of the molecule is C1=CC2Oc3ccccc3C3(c4ccccc4-c4ccccc43)C2C=C1c1ccc(-c2nc(-c3ccccc3)cc(C3C=c4oc5ccccc5c4=CC3)n2)cc1. The second-order valence-corrected chi connectivity index (χ2v) is 15.5. The van der Waals surface area contributed by atoms with E-state index in [9.17, 15) is 0 Å². The molecule has 3 unspecified atom stereocenters. The molecule has 3 aliphatic carbocycles. The molecule has 0 saturated carbocycles. The van der Waals surface area contributed by atoms with Gasteiger partial charge in [0.25, 0.3) is 0 Å². The first kappa shape index (κ1) is 32.2. The third-order valence-electron chi connectivity index (χ3n) is 12.5. The van der Waals surface area contributed by atoms with Crippen molar-refractivity contribution in [3.63, 3.8) is 0 Å². The van der Waals surface area contributed by atoms with Crippen LogP contribution in [0.2, 0.25) is 0 Å². The molecule has 3 heterocycles. The van der Waals surface area contributed by atoms with E-state index < -0.39 is 0 Å². The highest BCUT2D eigenvalue weighted by molar-refractivity contribution is 5.87. The van der Waals surface area contributed by atoms with Gasteiger partial charge < -0.3 is 9.15 Å². The van der Waals surface area contributed by atoms with Crippen LogP contribution in [-0.4, -0.2) is 16.1 Å². The minimum absolute atomic E-state index is 0.0427. The molecule has 12 rings (SSSR count). The molecule has 270 valence electrons. The summed E-state index contributed by atoms with van der Waals surface area (Å²) in [7, 11) is 0. The van der Waals surface area contributed by atoms with E-state index in [0.717, 1.165) is 56.6 Å². The van der Waals surface area contributed by atoms with Crippen LogP contribution in [-0.2, 0) is 5.41 Å². The van der Waals surface area contributed by atoms with Crippen LogP contribution >= 0.6 is 0 Å². The summed E-state index contributed by atoms with van der Waals surface area (Å²) in [5, 5.41) is 2.33. The molecule has 1 spiro atoms. The van der Waals surface area contributed by atoms with Crippen LogP contribution in [0.25, 0.3) is 62.5 Å². The smallest absolute Gasteiger partial charge is 0.160 e. The lowest BCUT2D eigenvalue weighted by atomic mass is 9.59. The van der Waals surface area contributed by atoms with Crippen LogP contribution in [0.4, 0.5) is 0 Å². The van der Waals surface area contributed by atoms with E-state index in [-0.39, 0.29) is 23.4 Å². The predicted molar refractivity (Wildman–Crippen MR) is 228 cm³/mol. The molecule has 1 aliphatic heterocycles. The Morgan fingerprint density at radius 3 is 2.09 bits per heavy atom. The van der Waals surface area contributed by atoms with Crippen molar-refractivity contribution in [2.24, 2.45) is 5.92 Å². The second kappa shape index (κ2) is 12.5. The van der Waals surface area contributed by atoms with Gasteiger partial charge in [0.15, 0.2) is 5.82 Å². The van der Waals surface area contributed by atoms with Crippen molar-refractivity contribution in [3.8, 4) is 39.5 Å². The van der Waals surface area contributed by atoms with E-state index in [1.54, 1.807) is 0 Å². The molecule has 3 atom stereocenters. The van der Waals surface area contributed by atoms with Crippen molar-refractivity contribution < 1.29 is 9.15 Å². The normalized spacial score (nSPS) is 19.2. The summed E-state index contributed by atoms with van der Waals surface area (Å²) >= 11 is 0. The number of furan rings is 1. The maximum Gasteiger partial charge on any atom is 0.160 e. The molecular weight excluding hydrogens is 697 g/mol. The standard InChI is InChI=1S/C53H36N2O2/c1-2-12-34(13-3-1)46-32-47(37-26-28-41-40-16-6-10-20-48(40)56-51(41)31-37)55-52(54-46)35-24-22-33(23-25-35)36-27-29-50-45(30-36)53(44-19-9-11-21-49(44)57-50)42-17-7-4-14-38(42)39-15-5-8-18-43(39)53/h1-25,27-32,37,45,50H,26H2. The first-order valence-electron chi connectivity index (χ1n) is 19.8. The Labute approximate surface area is 330 Å². The molecule has 8 aromatic rings. The number of allylic oxidation sites excluding steroid dienone is 2. The lowest BCUT2D eigenvalue weighted by Crippen LogP contribution is -2.47. The fraction of sp³-hybridized carbons (Fsp3) is 0.0943. The summed E-state index contributed by atoms with van der Waals surface area (Å²) < 4.78 is 13.1. The topological polar surface area (TPSA) is 48.2 Å². The summed E-state index contributed by atoms with van der Waals surface area (Å²) in [6.45, 7) is 0. The monoisotopic (exact) mass is 732 g/mol. The fourth-order valence-electron chi connectivity index (χ4n) is 9.95. The van der Waals surface area contributed by atoms with Crippen molar-refractivity contribution in [3.05, 3.63) is 215 Å². The second-order valence-electron chi connectivity index (χ2n) is 15.5. The summed E-state index contributed by atoms with van der Waals surface area (Å²) in [6, 6.07) is 56.1. The zero-order valence-corrected chi connectivity index (χ0v) is 31.0. The maximum absolute atomic E-state index is 6.80. The number of ether oxygens (including phenoxy) is 1. The molecule has 4 heteroatoms. The molecule has 57 heavy (non-hydrogen) atoms. The van der Waals surface area contributed by atoms with Gasteiger partial charge in [0.05, 0.1) is 16.8 Å². The van der Waals surface area contributed by atoms with Gasteiger partial charge in [-0.25, -0.2) is 9.97 Å². The Kier molecular flexibility index (Phi) is 7.06. The lowest BCUT2D eigenvalue weighted by Gasteiger charge is -2.47. The van der Waals surface area contributed by atoms with Crippen LogP contribution in [0.3, 0.4) is 0 Å². The van der Waals surface area contributed by atoms with Gasteiger partial charge in [0.2, 0.25) is 0 Å². The zero-order chi connectivity index (χ0) is 37.5. The molecule has 0 saturated heterocycles. The minimum atomic E-state index is -0.387. The predicted octanol–water partition coefficient (Wildman–Crippen LogP) is 10.7. The average molecular weight is 733 g/mol. The average Bonchev–Trinajstić information content (AvgIpc) is 3.80. The molecule has 0 bridgehead atoms. The van der Waals surface area contributed by atoms with Gasteiger partial charge in [-0.1, -0.05) is 158 Å². The third-order valence-corrected chi connectivity index (χ3v) is 12.5. The van der Waals surface area contributed by atoms with Gasteiger partial charge in [-0.15, -0.1) is 0 Å². The van der Waals surface area contributed by atoms with E-state index in [1.807, 2.05) is 18.2 Å². The summed E-state index contributed by atoms with van der Waals surface area (Å²) in [5.41, 5.74) is 14.2. The van der Waals surface area contributed by atoms with Gasteiger partial charge in [-0.3, -0.25) is 0 Å². The van der Waals surface area contributed by atoms with Crippen LogP contribution in [0.1, 0.15) is 40.3 Å². The number of aromatic nitrogens is 2. The van der Waals surface area contributed by atoms with Gasteiger partial charge in [0.1, 0.15) is 22.9 Å². The van der Waals surface area contributed by atoms with E-state index in [4.69, 9.17) is 19.1 Å². The highest BCUT2D eigenvalue weighted by atomic mass is 16.5. The van der Waals surface area contributed by atoms with Gasteiger partial charge in [-0.2, -0.15) is 0 Å². The molecule has 0 radical (unpaired) electrons. The number of nitrogens with zero attached hydrogens (tertiary/aromatic N) is 2. The molecule has 0 N–H and O–H groups in total. The molecule has 6 aromatic carbocycles. The maximum atomic E-state index is 6.80. The van der Waals surface area contributed by atoms with E-state index in [2.05, 4.69) is 170 Å². The highest BCUT2D eigenvalue weighted by Crippen LogP contribution is 2.62. The first-order chi connectivity index (χ1) is 28.2. The Hall–Kier alpha value is -7.04. The quantitative estimate of drug-likeness (QED) is 0.181. The summed E-state index contributed by atoms with van der Waals surface area (Å²) in [6.07, 6.45) is 12.2. The van der Waals surface area contributed by atoms with Gasteiger partial charge in [0, 0.05) is 39.1 Å². The van der Waals surface area contributed by atoms with E-state index in [0.29, 0.717) is 5.82 Å². The largest absolute Gasteiger partial charge is 0.485 e. The highest BCUT2D eigenvalue weighted by Gasteiger charge is 2.56. The summed E-state index contributed by atoms with van der Waals surface area (Å²) in [4.78, 5) is 10.4. The number of para-hydroxylation sites is 2. The van der Waals surface area contributed by atoms with Crippen molar-refractivity contribution in [1.29, 1.82) is 0 Å². The lowest BCUT2D eigenvalue weighted by molar-refractivity contribution is 0.142. The Morgan fingerprint density at radius 2 is 1.28 bits per heavy atom. The van der Waals surface area contributed by atoms with Crippen molar-refractivity contribution in [1.82, 2.24) is 9.97 Å². The van der Waals surface area contributed by atoms with Crippen LogP contribution < -0.4 is 15.4 Å². The van der Waals surface area contributed by atoms with E-state index in [1.165, 1.54) is 38.6 Å². The number of benzene rings is 6. The van der Waals surface area contributed by atoms with Gasteiger partial charge >= 0.3 is 0 Å². The number of fused-ring (bicyclic) bond motifs is 12. The van der Waals surface area contributed by atoms with E-state index >= 15 is 0 Å². The molecule has 4 nitrogen and oxygen atoms in total. The Morgan fingerprint density at radius 1 is 0.596 bits per heavy atom. The fourth-order valence-corrected chi connectivity index (χ4v) is 9.95. The minimum Gasteiger partial charge on any atom is -0.485 e. The van der Waals surface area contributed by atoms with Gasteiger partial charge in [-0.05, 0) is 70.2 Å². The molecular formula is C53H36N2O2. The molecule has 4 aliphatic rings. The third kappa shape index (κ3) is 4.87. The van der Waals surface area contributed by atoms with Crippen molar-refractivity contribution in [2.45, 2.75) is 23.9 Å². The number of rotatable bonds is 4. The molecule has 0 amide bonds. The molecule has 2 aromatic heterocycles. The van der Waals surface area contributed by atoms with Crippen LogP contribution in [0, 0.1) is 5.92 Å². The van der Waals surface area contributed by atoms with Crippen molar-refractivity contribution in [2.75, 3.05) is 0 Å². The molecule has 0 fully saturated rings. The summed E-state index contributed by atoms with van der Waals surface area (Å²) in [5.74, 6) is 1.77.